The number of nitro benzene ring substituents is 1. The number of hydrogen-bond donors (Lipinski definition) is 0. The number of benzene rings is 2. The van der Waals surface area contributed by atoms with Crippen molar-refractivity contribution < 1.29 is 23.6 Å². The molecule has 0 unspecified atom stereocenters. The van der Waals surface area contributed by atoms with Crippen molar-refractivity contribution in [3.05, 3.63) is 81.1 Å². The van der Waals surface area contributed by atoms with E-state index in [2.05, 4.69) is 0 Å². The van der Waals surface area contributed by atoms with E-state index in [0.29, 0.717) is 16.5 Å². The molecule has 3 rings (SSSR count). The zero-order valence-corrected chi connectivity index (χ0v) is 14.9. The normalized spacial score (nSPS) is 10.4. The van der Waals surface area contributed by atoms with E-state index in [-0.39, 0.29) is 23.6 Å². The van der Waals surface area contributed by atoms with Crippen molar-refractivity contribution in [3.8, 4) is 17.1 Å². The fraction of sp³-hybridized carbons (Fsp3) is 0.105. The largest absolute Gasteiger partial charge is 0.490 e. The van der Waals surface area contributed by atoms with Crippen molar-refractivity contribution in [2.24, 2.45) is 0 Å². The Kier molecular flexibility index (Phi) is 5.42. The summed E-state index contributed by atoms with van der Waals surface area (Å²) in [5, 5.41) is 11.7. The predicted molar refractivity (Wildman–Crippen MR) is 97.9 cm³/mol. The lowest BCUT2D eigenvalue weighted by molar-refractivity contribution is -0.385. The van der Waals surface area contributed by atoms with E-state index < -0.39 is 10.9 Å². The smallest absolute Gasteiger partial charge is 0.338 e. The summed E-state index contributed by atoms with van der Waals surface area (Å²) in [6.07, 6.45) is 0. The third-order valence-corrected chi connectivity index (χ3v) is 4.00. The zero-order valence-electron chi connectivity index (χ0n) is 14.2. The quantitative estimate of drug-likeness (QED) is 0.340. The van der Waals surface area contributed by atoms with Crippen LogP contribution in [-0.2, 0) is 11.3 Å². The minimum atomic E-state index is -0.704. The second-order valence-electron chi connectivity index (χ2n) is 5.49. The second-order valence-corrected chi connectivity index (χ2v) is 5.93. The van der Waals surface area contributed by atoms with Crippen molar-refractivity contribution in [1.29, 1.82) is 0 Å². The minimum Gasteiger partial charge on any atom is -0.490 e. The number of nitro groups is 1. The van der Waals surface area contributed by atoms with Crippen LogP contribution in [-0.4, -0.2) is 18.0 Å². The van der Waals surface area contributed by atoms with Gasteiger partial charge in [-0.15, -0.1) is 0 Å². The second kappa shape index (κ2) is 7.92. The van der Waals surface area contributed by atoms with Crippen LogP contribution in [0.1, 0.15) is 16.1 Å². The molecule has 1 aromatic heterocycles. The van der Waals surface area contributed by atoms with E-state index in [9.17, 15) is 14.9 Å². The Labute approximate surface area is 159 Å². The molecular formula is C19H14ClNO6. The SMILES string of the molecule is COc1ccc(C(=O)OCc2ccc(-c3ccc(Cl)cc3)o2)cc1[N+](=O)[O-]. The highest BCUT2D eigenvalue weighted by molar-refractivity contribution is 6.30. The summed E-state index contributed by atoms with van der Waals surface area (Å²) in [6.45, 7) is -0.105. The van der Waals surface area contributed by atoms with Crippen molar-refractivity contribution in [1.82, 2.24) is 0 Å². The molecule has 0 bridgehead atoms. The van der Waals surface area contributed by atoms with Gasteiger partial charge in [0.1, 0.15) is 18.1 Å². The third kappa shape index (κ3) is 4.27. The maximum Gasteiger partial charge on any atom is 0.338 e. The summed E-state index contributed by atoms with van der Waals surface area (Å²) in [7, 11) is 1.31. The third-order valence-electron chi connectivity index (χ3n) is 3.75. The average molecular weight is 388 g/mol. The number of carbonyl (C=O) groups excluding carboxylic acids is 1. The Hall–Kier alpha value is -3.32. The van der Waals surface area contributed by atoms with E-state index in [0.717, 1.165) is 11.6 Å². The summed E-state index contributed by atoms with van der Waals surface area (Å²) >= 11 is 5.86. The molecule has 0 atom stereocenters. The van der Waals surface area contributed by atoms with E-state index in [1.807, 2.05) is 12.1 Å². The topological polar surface area (TPSA) is 91.8 Å². The van der Waals surface area contributed by atoms with Crippen LogP contribution < -0.4 is 4.74 Å². The summed E-state index contributed by atoms with van der Waals surface area (Å²) in [4.78, 5) is 22.6. The van der Waals surface area contributed by atoms with Gasteiger partial charge >= 0.3 is 11.7 Å². The summed E-state index contributed by atoms with van der Waals surface area (Å²) in [5.74, 6) is 0.412. The molecule has 0 fully saturated rings. The first-order chi connectivity index (χ1) is 13.0. The molecule has 0 spiro atoms. The molecule has 7 nitrogen and oxygen atoms in total. The van der Waals surface area contributed by atoms with Crippen molar-refractivity contribution in [3.63, 3.8) is 0 Å². The number of halogens is 1. The van der Waals surface area contributed by atoms with Gasteiger partial charge < -0.3 is 13.9 Å². The fourth-order valence-electron chi connectivity index (χ4n) is 2.40. The van der Waals surface area contributed by atoms with Gasteiger partial charge in [-0.1, -0.05) is 11.6 Å². The van der Waals surface area contributed by atoms with Crippen LogP contribution in [0, 0.1) is 10.1 Å². The first-order valence-electron chi connectivity index (χ1n) is 7.82. The number of esters is 1. The molecule has 27 heavy (non-hydrogen) atoms. The summed E-state index contributed by atoms with van der Waals surface area (Å²) in [5.41, 5.74) is 0.574. The Balaban J connectivity index is 1.68. The lowest BCUT2D eigenvalue weighted by Crippen LogP contribution is -2.06. The van der Waals surface area contributed by atoms with Crippen molar-refractivity contribution in [2.75, 3.05) is 7.11 Å². The number of hydrogen-bond acceptors (Lipinski definition) is 6. The maximum absolute atomic E-state index is 12.2. The van der Waals surface area contributed by atoms with Gasteiger partial charge in [0, 0.05) is 16.7 Å². The monoisotopic (exact) mass is 387 g/mol. The van der Waals surface area contributed by atoms with Crippen LogP contribution in [0.2, 0.25) is 5.02 Å². The molecule has 0 N–H and O–H groups in total. The number of furan rings is 1. The number of nitrogens with zero attached hydrogens (tertiary/aromatic N) is 1. The highest BCUT2D eigenvalue weighted by Crippen LogP contribution is 2.28. The lowest BCUT2D eigenvalue weighted by Gasteiger charge is -2.05. The molecule has 0 radical (unpaired) electrons. The lowest BCUT2D eigenvalue weighted by atomic mass is 10.2. The summed E-state index contributed by atoms with van der Waals surface area (Å²) in [6, 6.07) is 14.4. The molecule has 0 aliphatic rings. The average Bonchev–Trinajstić information content (AvgIpc) is 3.15. The van der Waals surface area contributed by atoms with E-state index in [1.54, 1.807) is 24.3 Å². The van der Waals surface area contributed by atoms with Crippen LogP contribution >= 0.6 is 11.6 Å². The Bertz CT molecular complexity index is 980. The van der Waals surface area contributed by atoms with Crippen molar-refractivity contribution in [2.45, 2.75) is 6.61 Å². The van der Waals surface area contributed by atoms with E-state index in [1.165, 1.54) is 19.2 Å². The fourth-order valence-corrected chi connectivity index (χ4v) is 2.53. The van der Waals surface area contributed by atoms with Crippen LogP contribution in [0.3, 0.4) is 0 Å². The highest BCUT2D eigenvalue weighted by atomic mass is 35.5. The van der Waals surface area contributed by atoms with Crippen LogP contribution in [0.4, 0.5) is 5.69 Å². The predicted octanol–water partition coefficient (Wildman–Crippen LogP) is 4.87. The van der Waals surface area contributed by atoms with Gasteiger partial charge in [0.2, 0.25) is 0 Å². The van der Waals surface area contributed by atoms with Crippen molar-refractivity contribution >= 4 is 23.3 Å². The number of rotatable bonds is 6. The van der Waals surface area contributed by atoms with Gasteiger partial charge in [0.25, 0.3) is 0 Å². The molecule has 3 aromatic rings. The molecule has 0 amide bonds. The van der Waals surface area contributed by atoms with Gasteiger partial charge in [-0.05, 0) is 48.5 Å². The molecule has 0 saturated carbocycles. The minimum absolute atomic E-state index is 0.0481. The van der Waals surface area contributed by atoms with Crippen LogP contribution in [0.5, 0.6) is 5.75 Å². The van der Waals surface area contributed by atoms with Gasteiger partial charge in [0.15, 0.2) is 5.75 Å². The molecule has 0 aliphatic heterocycles. The number of carbonyl (C=O) groups is 1. The van der Waals surface area contributed by atoms with Gasteiger partial charge in [-0.2, -0.15) is 0 Å². The molecule has 0 saturated heterocycles. The van der Waals surface area contributed by atoms with Gasteiger partial charge in [-0.25, -0.2) is 4.79 Å². The Morgan fingerprint density at radius 3 is 2.56 bits per heavy atom. The number of methoxy groups -OCH3 is 1. The summed E-state index contributed by atoms with van der Waals surface area (Å²) < 4.78 is 15.7. The Morgan fingerprint density at radius 1 is 1.15 bits per heavy atom. The first-order valence-corrected chi connectivity index (χ1v) is 8.20. The maximum atomic E-state index is 12.2. The molecular weight excluding hydrogens is 374 g/mol. The van der Waals surface area contributed by atoms with Crippen LogP contribution in [0.15, 0.2) is 59.0 Å². The highest BCUT2D eigenvalue weighted by Gasteiger charge is 2.19. The molecule has 1 heterocycles. The molecule has 0 aliphatic carbocycles. The standard InChI is InChI=1S/C19H14ClNO6/c1-25-18-8-4-13(10-16(18)21(23)24)19(22)26-11-15-7-9-17(27-15)12-2-5-14(20)6-3-12/h2-10H,11H2,1H3. The molecule has 8 heteroatoms. The first kappa shape index (κ1) is 18.5. The van der Waals surface area contributed by atoms with E-state index in [4.69, 9.17) is 25.5 Å². The molecule has 138 valence electrons. The number of ether oxygens (including phenoxy) is 2. The zero-order chi connectivity index (χ0) is 19.4. The Morgan fingerprint density at radius 2 is 1.89 bits per heavy atom. The molecule has 2 aromatic carbocycles. The van der Waals surface area contributed by atoms with Gasteiger partial charge in [0.05, 0.1) is 17.6 Å². The van der Waals surface area contributed by atoms with E-state index >= 15 is 0 Å². The van der Waals surface area contributed by atoms with Crippen LogP contribution in [0.25, 0.3) is 11.3 Å². The van der Waals surface area contributed by atoms with Gasteiger partial charge in [-0.3, -0.25) is 10.1 Å².